The highest BCUT2D eigenvalue weighted by Gasteiger charge is 2.21. The van der Waals surface area contributed by atoms with Gasteiger partial charge in [-0.05, 0) is 44.7 Å². The number of nitrogens with zero attached hydrogens (tertiary/aromatic N) is 3. The van der Waals surface area contributed by atoms with E-state index in [-0.39, 0.29) is 5.91 Å². The Hall–Kier alpha value is -1.95. The van der Waals surface area contributed by atoms with Crippen molar-refractivity contribution >= 4 is 23.1 Å². The van der Waals surface area contributed by atoms with Gasteiger partial charge >= 0.3 is 0 Å². The van der Waals surface area contributed by atoms with Gasteiger partial charge in [0.15, 0.2) is 0 Å². The van der Waals surface area contributed by atoms with E-state index in [4.69, 9.17) is 0 Å². The van der Waals surface area contributed by atoms with Crippen LogP contribution >= 0.6 is 11.3 Å². The van der Waals surface area contributed by atoms with Crippen LogP contribution in [0.5, 0.6) is 0 Å². The molecule has 1 aliphatic rings. The molecule has 0 saturated carbocycles. The molecule has 1 saturated heterocycles. The van der Waals surface area contributed by atoms with Crippen LogP contribution < -0.4 is 5.32 Å². The van der Waals surface area contributed by atoms with Crippen LogP contribution in [0.2, 0.25) is 0 Å². The van der Waals surface area contributed by atoms with E-state index in [1.807, 2.05) is 24.0 Å². The molecule has 2 aromatic rings. The summed E-state index contributed by atoms with van der Waals surface area (Å²) in [6.45, 7) is 4.52. The summed E-state index contributed by atoms with van der Waals surface area (Å²) in [7, 11) is 0. The van der Waals surface area contributed by atoms with Crippen LogP contribution in [-0.4, -0.2) is 40.4 Å². The van der Waals surface area contributed by atoms with Crippen molar-refractivity contribution in [1.29, 1.82) is 0 Å². The highest BCUT2D eigenvalue weighted by molar-refractivity contribution is 7.09. The summed E-state index contributed by atoms with van der Waals surface area (Å²) in [5.41, 5.74) is 1.77. The number of aromatic nitrogens is 2. The van der Waals surface area contributed by atoms with Gasteiger partial charge in [0.05, 0.1) is 10.6 Å². The summed E-state index contributed by atoms with van der Waals surface area (Å²) in [5.74, 6) is 0.796. The zero-order valence-corrected chi connectivity index (χ0v) is 14.9. The molecule has 1 aliphatic heterocycles. The van der Waals surface area contributed by atoms with Crippen molar-refractivity contribution in [2.75, 3.05) is 25.0 Å². The first-order valence-corrected chi connectivity index (χ1v) is 9.51. The number of likely N-dealkylation sites (tertiary alicyclic amines) is 1. The van der Waals surface area contributed by atoms with E-state index in [0.717, 1.165) is 51.0 Å². The second-order valence-corrected chi connectivity index (χ2v) is 7.11. The molecule has 6 heteroatoms. The van der Waals surface area contributed by atoms with Gasteiger partial charge in [-0.2, -0.15) is 0 Å². The van der Waals surface area contributed by atoms with E-state index in [1.165, 1.54) is 11.4 Å². The number of aryl methyl sites for hydroxylation is 2. The Morgan fingerprint density at radius 3 is 2.92 bits per heavy atom. The third-order valence-electron chi connectivity index (χ3n) is 4.21. The second kappa shape index (κ2) is 8.24. The topological polar surface area (TPSA) is 58.1 Å². The first-order valence-electron chi connectivity index (χ1n) is 8.63. The molecule has 3 heterocycles. The van der Waals surface area contributed by atoms with Gasteiger partial charge in [-0.1, -0.05) is 0 Å². The lowest BCUT2D eigenvalue weighted by Crippen LogP contribution is -2.36. The first kappa shape index (κ1) is 16.9. The number of anilines is 1. The van der Waals surface area contributed by atoms with Crippen molar-refractivity contribution in [2.24, 2.45) is 0 Å². The smallest absolute Gasteiger partial charge is 0.257 e. The molecule has 0 radical (unpaired) electrons. The molecule has 0 aromatic carbocycles. The molecule has 1 fully saturated rings. The molecule has 0 atom stereocenters. The molecule has 0 bridgehead atoms. The number of hydrogen-bond acceptors (Lipinski definition) is 5. The highest BCUT2D eigenvalue weighted by atomic mass is 32.1. The van der Waals surface area contributed by atoms with E-state index in [9.17, 15) is 4.79 Å². The molecule has 0 spiro atoms. The summed E-state index contributed by atoms with van der Waals surface area (Å²) < 4.78 is 0. The summed E-state index contributed by atoms with van der Waals surface area (Å²) in [4.78, 5) is 23.5. The molecule has 1 amide bonds. The van der Waals surface area contributed by atoms with Gasteiger partial charge in [0.25, 0.3) is 5.91 Å². The Bertz CT molecular complexity index is 679. The predicted octanol–water partition coefficient (Wildman–Crippen LogP) is 3.52. The Balaban J connectivity index is 1.56. The standard InChI is InChI=1S/C18H24N4OS/c1-14-13-24-16(21-14)8-6-10-20-17-15(7-5-9-19-17)18(23)22-11-3-2-4-12-22/h5,7,9,13H,2-4,6,8,10-12H2,1H3,(H,19,20). The van der Waals surface area contributed by atoms with Gasteiger partial charge in [-0.15, -0.1) is 11.3 Å². The monoisotopic (exact) mass is 344 g/mol. The zero-order chi connectivity index (χ0) is 16.8. The fourth-order valence-corrected chi connectivity index (χ4v) is 3.77. The van der Waals surface area contributed by atoms with Crippen LogP contribution in [0, 0.1) is 6.92 Å². The lowest BCUT2D eigenvalue weighted by Gasteiger charge is -2.27. The fraction of sp³-hybridized carbons (Fsp3) is 0.500. The largest absolute Gasteiger partial charge is 0.369 e. The number of thiazole rings is 1. The Labute approximate surface area is 147 Å². The lowest BCUT2D eigenvalue weighted by molar-refractivity contribution is 0.0725. The maximum Gasteiger partial charge on any atom is 0.257 e. The van der Waals surface area contributed by atoms with E-state index in [0.29, 0.717) is 11.4 Å². The van der Waals surface area contributed by atoms with Crippen LogP contribution in [0.1, 0.15) is 46.7 Å². The minimum absolute atomic E-state index is 0.0980. The van der Waals surface area contributed by atoms with Crippen LogP contribution in [0.15, 0.2) is 23.7 Å². The molecular formula is C18H24N4OS. The molecule has 0 unspecified atom stereocenters. The van der Waals surface area contributed by atoms with Crippen molar-refractivity contribution < 1.29 is 4.79 Å². The molecule has 128 valence electrons. The van der Waals surface area contributed by atoms with Crippen LogP contribution in [0.25, 0.3) is 0 Å². The Morgan fingerprint density at radius 2 is 2.17 bits per heavy atom. The van der Waals surface area contributed by atoms with Crippen molar-refractivity contribution in [2.45, 2.75) is 39.0 Å². The third kappa shape index (κ3) is 4.32. The normalized spacial score (nSPS) is 14.6. The van der Waals surface area contributed by atoms with E-state index >= 15 is 0 Å². The van der Waals surface area contributed by atoms with Crippen LogP contribution in [0.4, 0.5) is 5.82 Å². The molecule has 2 aromatic heterocycles. The molecule has 1 N–H and O–H groups in total. The first-order chi connectivity index (χ1) is 11.7. The minimum Gasteiger partial charge on any atom is -0.369 e. The number of rotatable bonds is 6. The maximum atomic E-state index is 12.7. The van der Waals surface area contributed by atoms with Crippen molar-refractivity contribution in [3.63, 3.8) is 0 Å². The van der Waals surface area contributed by atoms with Gasteiger partial charge in [0.2, 0.25) is 0 Å². The van der Waals surface area contributed by atoms with Crippen molar-refractivity contribution in [1.82, 2.24) is 14.9 Å². The zero-order valence-electron chi connectivity index (χ0n) is 14.1. The molecule has 0 aliphatic carbocycles. The maximum absolute atomic E-state index is 12.7. The summed E-state index contributed by atoms with van der Waals surface area (Å²) in [6.07, 6.45) is 7.08. The predicted molar refractivity (Wildman–Crippen MR) is 97.7 cm³/mol. The quantitative estimate of drug-likeness (QED) is 0.815. The van der Waals surface area contributed by atoms with E-state index in [1.54, 1.807) is 17.5 Å². The molecule has 3 rings (SSSR count). The molecule has 24 heavy (non-hydrogen) atoms. The molecular weight excluding hydrogens is 320 g/mol. The summed E-state index contributed by atoms with van der Waals surface area (Å²) >= 11 is 1.71. The van der Waals surface area contributed by atoms with E-state index < -0.39 is 0 Å². The second-order valence-electron chi connectivity index (χ2n) is 6.17. The third-order valence-corrected chi connectivity index (χ3v) is 5.23. The van der Waals surface area contributed by atoms with Gasteiger partial charge in [0.1, 0.15) is 5.82 Å². The summed E-state index contributed by atoms with van der Waals surface area (Å²) in [6, 6.07) is 3.71. The highest BCUT2D eigenvalue weighted by Crippen LogP contribution is 2.18. The summed E-state index contributed by atoms with van der Waals surface area (Å²) in [5, 5.41) is 6.58. The number of pyridine rings is 1. The Kier molecular flexibility index (Phi) is 5.80. The number of amides is 1. The van der Waals surface area contributed by atoms with Gasteiger partial charge in [0, 0.05) is 43.3 Å². The molecule has 5 nitrogen and oxygen atoms in total. The van der Waals surface area contributed by atoms with Crippen molar-refractivity contribution in [3.05, 3.63) is 40.0 Å². The number of nitrogens with one attached hydrogen (secondary N) is 1. The van der Waals surface area contributed by atoms with Gasteiger partial charge in [-0.25, -0.2) is 9.97 Å². The van der Waals surface area contributed by atoms with Crippen LogP contribution in [-0.2, 0) is 6.42 Å². The number of piperidine rings is 1. The number of carbonyl (C=O) groups is 1. The SMILES string of the molecule is Cc1csc(CCCNc2ncccc2C(=O)N2CCCCC2)n1. The van der Waals surface area contributed by atoms with Crippen LogP contribution in [0.3, 0.4) is 0 Å². The average molecular weight is 344 g/mol. The van der Waals surface area contributed by atoms with Gasteiger partial charge in [-0.3, -0.25) is 4.79 Å². The number of hydrogen-bond donors (Lipinski definition) is 1. The van der Waals surface area contributed by atoms with Crippen molar-refractivity contribution in [3.8, 4) is 0 Å². The van der Waals surface area contributed by atoms with E-state index in [2.05, 4.69) is 20.7 Å². The minimum atomic E-state index is 0.0980. The lowest BCUT2D eigenvalue weighted by atomic mass is 10.1. The number of carbonyl (C=O) groups excluding carboxylic acids is 1. The fourth-order valence-electron chi connectivity index (χ4n) is 2.95. The average Bonchev–Trinajstić information content (AvgIpc) is 3.04. The Morgan fingerprint density at radius 1 is 1.33 bits per heavy atom. The van der Waals surface area contributed by atoms with Gasteiger partial charge < -0.3 is 10.2 Å².